The lowest BCUT2D eigenvalue weighted by atomic mass is 10.1. The van der Waals surface area contributed by atoms with Crippen LogP contribution in [0, 0.1) is 0 Å². The first-order valence-corrected chi connectivity index (χ1v) is 7.41. The summed E-state index contributed by atoms with van der Waals surface area (Å²) in [7, 11) is -3.60. The average Bonchev–Trinajstić information content (AvgIpc) is 2.91. The van der Waals surface area contributed by atoms with Crippen LogP contribution in [0.5, 0.6) is 0 Å². The zero-order chi connectivity index (χ0) is 13.7. The number of hydrogen-bond acceptors (Lipinski definition) is 4. The Morgan fingerprint density at radius 2 is 2.16 bits per heavy atom. The zero-order valence-electron chi connectivity index (χ0n) is 10.3. The van der Waals surface area contributed by atoms with Gasteiger partial charge in [-0.1, -0.05) is 12.1 Å². The van der Waals surface area contributed by atoms with E-state index < -0.39 is 10.0 Å². The molecular weight excluding hydrogens is 264 g/mol. The van der Waals surface area contributed by atoms with Crippen molar-refractivity contribution in [3.05, 3.63) is 42.1 Å². The van der Waals surface area contributed by atoms with E-state index in [1.807, 2.05) is 18.2 Å². The van der Waals surface area contributed by atoms with Crippen LogP contribution in [0.15, 0.2) is 41.6 Å². The van der Waals surface area contributed by atoms with Gasteiger partial charge in [0, 0.05) is 5.69 Å². The molecule has 2 rings (SSSR count). The molecule has 0 unspecified atom stereocenters. The molecule has 7 heteroatoms. The van der Waals surface area contributed by atoms with Crippen LogP contribution in [0.1, 0.15) is 12.0 Å². The van der Waals surface area contributed by atoms with Crippen LogP contribution in [-0.2, 0) is 16.4 Å². The second kappa shape index (κ2) is 5.85. The first-order chi connectivity index (χ1) is 9.12. The molecule has 0 radical (unpaired) electrons. The van der Waals surface area contributed by atoms with E-state index in [-0.39, 0.29) is 5.03 Å². The molecule has 6 nitrogen and oxygen atoms in total. The van der Waals surface area contributed by atoms with Crippen LogP contribution in [-0.4, -0.2) is 25.2 Å². The minimum Gasteiger partial charge on any atom is -0.330 e. The highest BCUT2D eigenvalue weighted by Crippen LogP contribution is 2.16. The average molecular weight is 280 g/mol. The minimum atomic E-state index is -3.60. The quantitative estimate of drug-likeness (QED) is 0.737. The van der Waals surface area contributed by atoms with E-state index in [2.05, 4.69) is 14.9 Å². The van der Waals surface area contributed by atoms with Crippen LogP contribution >= 0.6 is 0 Å². The largest absolute Gasteiger partial charge is 0.330 e. The fourth-order valence-corrected chi connectivity index (χ4v) is 2.66. The Kier molecular flexibility index (Phi) is 4.18. The number of nitrogens with zero attached hydrogens (tertiary/aromatic N) is 1. The van der Waals surface area contributed by atoms with Gasteiger partial charge in [-0.3, -0.25) is 9.82 Å². The van der Waals surface area contributed by atoms with Gasteiger partial charge in [-0.2, -0.15) is 13.5 Å². The normalized spacial score (nSPS) is 11.4. The molecule has 0 saturated carbocycles. The summed E-state index contributed by atoms with van der Waals surface area (Å²) >= 11 is 0. The Morgan fingerprint density at radius 3 is 2.84 bits per heavy atom. The van der Waals surface area contributed by atoms with Crippen molar-refractivity contribution in [3.63, 3.8) is 0 Å². The molecule has 0 aliphatic heterocycles. The number of sulfonamides is 1. The highest BCUT2D eigenvalue weighted by molar-refractivity contribution is 7.92. The molecule has 0 amide bonds. The van der Waals surface area contributed by atoms with Crippen LogP contribution in [0.3, 0.4) is 0 Å². The number of hydrogen-bond donors (Lipinski definition) is 3. The molecule has 4 N–H and O–H groups in total. The summed E-state index contributed by atoms with van der Waals surface area (Å²) in [5, 5.41) is 6.10. The van der Waals surface area contributed by atoms with E-state index in [1.54, 1.807) is 6.07 Å². The maximum atomic E-state index is 12.0. The Morgan fingerprint density at radius 1 is 1.32 bits per heavy atom. The molecule has 0 aliphatic rings. The highest BCUT2D eigenvalue weighted by atomic mass is 32.2. The van der Waals surface area contributed by atoms with Crippen LogP contribution in [0.25, 0.3) is 0 Å². The molecule has 19 heavy (non-hydrogen) atoms. The maximum absolute atomic E-state index is 12.0. The van der Waals surface area contributed by atoms with E-state index in [9.17, 15) is 8.42 Å². The van der Waals surface area contributed by atoms with E-state index >= 15 is 0 Å². The van der Waals surface area contributed by atoms with Crippen molar-refractivity contribution >= 4 is 15.7 Å². The smallest absolute Gasteiger partial charge is 0.278 e. The van der Waals surface area contributed by atoms with Crippen molar-refractivity contribution in [1.82, 2.24) is 10.2 Å². The first-order valence-electron chi connectivity index (χ1n) is 5.93. The van der Waals surface area contributed by atoms with Gasteiger partial charge in [-0.15, -0.1) is 0 Å². The first kappa shape index (κ1) is 13.6. The summed E-state index contributed by atoms with van der Waals surface area (Å²) in [5.74, 6) is 0. The molecule has 0 aliphatic carbocycles. The van der Waals surface area contributed by atoms with Gasteiger partial charge < -0.3 is 5.73 Å². The van der Waals surface area contributed by atoms with Crippen LogP contribution in [0.2, 0.25) is 0 Å². The molecule has 0 atom stereocenters. The molecule has 1 aromatic carbocycles. The summed E-state index contributed by atoms with van der Waals surface area (Å²) < 4.78 is 26.5. The van der Waals surface area contributed by atoms with Crippen molar-refractivity contribution in [1.29, 1.82) is 0 Å². The molecule has 1 aromatic heterocycles. The van der Waals surface area contributed by atoms with Gasteiger partial charge in [0.05, 0.1) is 6.20 Å². The Balaban J connectivity index is 2.15. The molecule has 0 bridgehead atoms. The molecule has 102 valence electrons. The zero-order valence-corrected chi connectivity index (χ0v) is 11.2. The fourth-order valence-electron chi connectivity index (χ4n) is 1.70. The standard InChI is InChI=1S/C12H16N4O2S/c13-7-2-4-10-3-1-5-11(9-10)16-19(17,18)12-6-8-14-15-12/h1,3,5-6,8-9,16H,2,4,7,13H2,(H,14,15). The number of aromatic nitrogens is 2. The summed E-state index contributed by atoms with van der Waals surface area (Å²) in [6.07, 6.45) is 3.10. The van der Waals surface area contributed by atoms with Crippen molar-refractivity contribution < 1.29 is 8.42 Å². The highest BCUT2D eigenvalue weighted by Gasteiger charge is 2.15. The lowest BCUT2D eigenvalue weighted by Gasteiger charge is -2.08. The molecule has 0 saturated heterocycles. The van der Waals surface area contributed by atoms with Crippen molar-refractivity contribution in [2.75, 3.05) is 11.3 Å². The number of H-pyrrole nitrogens is 1. The molecular formula is C12H16N4O2S. The Labute approximate surface area is 112 Å². The predicted octanol–water partition coefficient (Wildman–Crippen LogP) is 1.10. The lowest BCUT2D eigenvalue weighted by Crippen LogP contribution is -2.13. The predicted molar refractivity (Wildman–Crippen MR) is 73.2 cm³/mol. The van der Waals surface area contributed by atoms with Gasteiger partial charge in [-0.25, -0.2) is 0 Å². The van der Waals surface area contributed by atoms with E-state index in [1.165, 1.54) is 12.3 Å². The Hall–Kier alpha value is -1.86. The van der Waals surface area contributed by atoms with E-state index in [0.717, 1.165) is 18.4 Å². The summed E-state index contributed by atoms with van der Waals surface area (Å²) in [5.41, 5.74) is 7.04. The van der Waals surface area contributed by atoms with E-state index in [0.29, 0.717) is 12.2 Å². The third kappa shape index (κ3) is 3.55. The minimum absolute atomic E-state index is 0.0415. The van der Waals surface area contributed by atoms with Crippen LogP contribution < -0.4 is 10.5 Å². The second-order valence-electron chi connectivity index (χ2n) is 4.12. The number of benzene rings is 1. The number of aromatic amines is 1. The SMILES string of the molecule is NCCCc1cccc(NS(=O)(=O)c2ccn[nH]2)c1. The monoisotopic (exact) mass is 280 g/mol. The number of nitrogens with two attached hydrogens (primary N) is 1. The third-order valence-corrected chi connectivity index (χ3v) is 3.92. The third-order valence-electron chi connectivity index (χ3n) is 2.61. The van der Waals surface area contributed by atoms with Gasteiger partial charge in [0.15, 0.2) is 5.03 Å². The van der Waals surface area contributed by atoms with Crippen LogP contribution in [0.4, 0.5) is 5.69 Å². The lowest BCUT2D eigenvalue weighted by molar-refractivity contribution is 0.597. The van der Waals surface area contributed by atoms with Crippen molar-refractivity contribution in [2.45, 2.75) is 17.9 Å². The second-order valence-corrected chi connectivity index (χ2v) is 5.77. The Bertz CT molecular complexity index is 623. The number of anilines is 1. The van der Waals surface area contributed by atoms with Gasteiger partial charge >= 0.3 is 0 Å². The van der Waals surface area contributed by atoms with Gasteiger partial charge in [0.1, 0.15) is 0 Å². The summed E-state index contributed by atoms with van der Waals surface area (Å²) in [4.78, 5) is 0. The van der Waals surface area contributed by atoms with Gasteiger partial charge in [0.2, 0.25) is 0 Å². The molecule has 2 aromatic rings. The fraction of sp³-hybridized carbons (Fsp3) is 0.250. The van der Waals surface area contributed by atoms with Crippen molar-refractivity contribution in [3.8, 4) is 0 Å². The maximum Gasteiger partial charge on any atom is 0.278 e. The molecule has 1 heterocycles. The number of nitrogens with one attached hydrogen (secondary N) is 2. The van der Waals surface area contributed by atoms with Gasteiger partial charge in [0.25, 0.3) is 10.0 Å². The summed E-state index contributed by atoms with van der Waals surface area (Å²) in [6.45, 7) is 0.615. The van der Waals surface area contributed by atoms with E-state index in [4.69, 9.17) is 5.73 Å². The topological polar surface area (TPSA) is 101 Å². The number of aryl methyl sites for hydroxylation is 1. The molecule has 0 fully saturated rings. The van der Waals surface area contributed by atoms with Crippen molar-refractivity contribution in [2.24, 2.45) is 5.73 Å². The molecule has 0 spiro atoms. The summed E-state index contributed by atoms with van der Waals surface area (Å²) in [6, 6.07) is 8.68. The van der Waals surface area contributed by atoms with Gasteiger partial charge in [-0.05, 0) is 43.1 Å². The number of rotatable bonds is 6.